The van der Waals surface area contributed by atoms with Crippen molar-refractivity contribution < 1.29 is 32.9 Å². The van der Waals surface area contributed by atoms with Crippen molar-refractivity contribution in [2.24, 2.45) is 0 Å². The minimum atomic E-state index is -4.61. The molecule has 482 valence electrons. The van der Waals surface area contributed by atoms with Gasteiger partial charge in [-0.2, -0.15) is 0 Å². The largest absolute Gasteiger partial charge is 0.756 e. The number of rotatable bonds is 62. The minimum absolute atomic E-state index is 0.00851. The lowest BCUT2D eigenvalue weighted by Gasteiger charge is -2.29. The van der Waals surface area contributed by atoms with Gasteiger partial charge in [0.25, 0.3) is 7.82 Å². The first-order valence-electron chi connectivity index (χ1n) is 34.5. The molecule has 0 aromatic carbocycles. The molecule has 0 spiro atoms. The highest BCUT2D eigenvalue weighted by Crippen LogP contribution is 2.38. The molecule has 2 N–H and O–H groups in total. The van der Waals surface area contributed by atoms with Crippen LogP contribution < -0.4 is 10.2 Å². The highest BCUT2D eigenvalue weighted by Gasteiger charge is 2.23. The summed E-state index contributed by atoms with van der Waals surface area (Å²) in [4.78, 5) is 25.6. The Morgan fingerprint density at radius 2 is 0.726 bits per heavy atom. The second-order valence-corrected chi connectivity index (χ2v) is 25.6. The fourth-order valence-corrected chi connectivity index (χ4v) is 10.3. The molecule has 0 aromatic heterocycles. The first kappa shape index (κ1) is 80.6. The third kappa shape index (κ3) is 66.2. The minimum Gasteiger partial charge on any atom is -0.756 e. The fourth-order valence-electron chi connectivity index (χ4n) is 9.54. The Hall–Kier alpha value is -3.36. The molecule has 3 unspecified atom stereocenters. The lowest BCUT2D eigenvalue weighted by molar-refractivity contribution is -0.870. The number of aliphatic hydroxyl groups is 1. The van der Waals surface area contributed by atoms with E-state index >= 15 is 0 Å². The summed E-state index contributed by atoms with van der Waals surface area (Å²) in [6, 6.07) is -0.902. The van der Waals surface area contributed by atoms with Gasteiger partial charge in [-0.3, -0.25) is 9.36 Å². The zero-order valence-electron chi connectivity index (χ0n) is 55.1. The maximum atomic E-state index is 13.0. The fraction of sp³-hybridized carbons (Fsp3) is 0.693. The number of aliphatic hydroxyl groups excluding tert-OH is 1. The van der Waals surface area contributed by atoms with Crippen LogP contribution in [0.1, 0.15) is 284 Å². The van der Waals surface area contributed by atoms with E-state index in [1.54, 1.807) is 6.08 Å². The van der Waals surface area contributed by atoms with Gasteiger partial charge >= 0.3 is 0 Å². The molecule has 8 nitrogen and oxygen atoms in total. The average Bonchev–Trinajstić information content (AvgIpc) is 3.56. The van der Waals surface area contributed by atoms with Crippen molar-refractivity contribution in [2.45, 2.75) is 296 Å². The summed E-state index contributed by atoms with van der Waals surface area (Å²) in [6.45, 7) is 4.54. The van der Waals surface area contributed by atoms with E-state index in [1.807, 2.05) is 27.2 Å². The smallest absolute Gasteiger partial charge is 0.268 e. The second-order valence-electron chi connectivity index (χ2n) is 24.2. The number of nitrogens with one attached hydrogen (secondary N) is 1. The summed E-state index contributed by atoms with van der Waals surface area (Å²) in [7, 11) is 1.24. The number of carbonyl (C=O) groups is 1. The van der Waals surface area contributed by atoms with Crippen LogP contribution in [0, 0.1) is 0 Å². The summed E-state index contributed by atoms with van der Waals surface area (Å²) >= 11 is 0. The van der Waals surface area contributed by atoms with E-state index in [9.17, 15) is 19.4 Å². The van der Waals surface area contributed by atoms with E-state index in [1.165, 1.54) is 148 Å². The number of amides is 1. The lowest BCUT2D eigenvalue weighted by Crippen LogP contribution is -2.45. The van der Waals surface area contributed by atoms with Crippen molar-refractivity contribution in [1.82, 2.24) is 5.32 Å². The number of quaternary nitrogens is 1. The molecule has 0 saturated carbocycles. The Morgan fingerprint density at radius 3 is 1.06 bits per heavy atom. The summed E-state index contributed by atoms with van der Waals surface area (Å²) in [5.74, 6) is -0.209. The van der Waals surface area contributed by atoms with Crippen molar-refractivity contribution in [3.05, 3.63) is 134 Å². The molecule has 0 aliphatic rings. The van der Waals surface area contributed by atoms with E-state index in [0.29, 0.717) is 17.4 Å². The van der Waals surface area contributed by atoms with Crippen molar-refractivity contribution in [3.63, 3.8) is 0 Å². The highest BCUT2D eigenvalue weighted by atomic mass is 31.2. The van der Waals surface area contributed by atoms with Gasteiger partial charge < -0.3 is 28.8 Å². The average molecular weight is 1190 g/mol. The Bertz CT molecular complexity index is 1830. The Kier molecular flexibility index (Phi) is 61.6. The van der Waals surface area contributed by atoms with Crippen LogP contribution in [-0.4, -0.2) is 68.5 Å². The standard InChI is InChI=1S/C75H131N2O6P/c1-6-8-10-12-14-16-18-20-22-24-26-28-30-31-32-33-34-35-36-37-38-39-40-41-42-43-44-45-47-49-51-53-55-57-59-61-63-65-67-69-75(79)76-73(72-83-84(80,81)82-71-70-77(3,4)5)74(78)68-66-64-62-60-58-56-54-52-50-48-46-29-27-25-23-21-19-17-15-13-11-9-7-2/h8,10,14,16,20,22,26,28,31-32,34-35,37-38,40-41,43-44,47,49,66,68,73-74,78H,6-7,9,11-13,15,17-19,21,23-25,27,29-30,33,36,39,42,45-46,48,50-65,67,69-72H2,1-5H3,(H-,76,79,80,81)/b10-8-,16-14-,22-20-,28-26-,32-31-,35-34-,38-37-,41-40-,44-43-,49-47-,68-66+. The molecular weight excluding hydrogens is 1060 g/mol. The van der Waals surface area contributed by atoms with Gasteiger partial charge in [0.1, 0.15) is 13.2 Å². The van der Waals surface area contributed by atoms with Gasteiger partial charge in [0, 0.05) is 6.42 Å². The van der Waals surface area contributed by atoms with E-state index in [0.717, 1.165) is 116 Å². The number of hydrogen-bond donors (Lipinski definition) is 2. The summed E-state index contributed by atoms with van der Waals surface area (Å²) in [6.07, 6.45) is 97.0. The first-order valence-corrected chi connectivity index (χ1v) is 36.0. The Morgan fingerprint density at radius 1 is 0.429 bits per heavy atom. The van der Waals surface area contributed by atoms with E-state index in [4.69, 9.17) is 9.05 Å². The van der Waals surface area contributed by atoms with Crippen LogP contribution in [0.3, 0.4) is 0 Å². The van der Waals surface area contributed by atoms with Crippen LogP contribution in [0.15, 0.2) is 134 Å². The molecular formula is C75H131N2O6P. The van der Waals surface area contributed by atoms with Gasteiger partial charge in [-0.1, -0.05) is 314 Å². The summed E-state index contributed by atoms with van der Waals surface area (Å²) in [5, 5.41) is 13.9. The van der Waals surface area contributed by atoms with E-state index < -0.39 is 20.0 Å². The Balaban J connectivity index is 4.16. The van der Waals surface area contributed by atoms with Crippen LogP contribution in [0.5, 0.6) is 0 Å². The van der Waals surface area contributed by atoms with Crippen LogP contribution in [0.2, 0.25) is 0 Å². The molecule has 0 aromatic rings. The molecule has 0 rings (SSSR count). The van der Waals surface area contributed by atoms with Crippen molar-refractivity contribution in [2.75, 3.05) is 40.9 Å². The van der Waals surface area contributed by atoms with Gasteiger partial charge in [0.2, 0.25) is 5.91 Å². The lowest BCUT2D eigenvalue weighted by atomic mass is 10.0. The topological polar surface area (TPSA) is 108 Å². The van der Waals surface area contributed by atoms with Gasteiger partial charge in [-0.15, -0.1) is 0 Å². The number of nitrogens with zero attached hydrogens (tertiary/aromatic N) is 1. The number of unbranched alkanes of at least 4 members (excludes halogenated alkanes) is 29. The van der Waals surface area contributed by atoms with Crippen LogP contribution in [0.4, 0.5) is 0 Å². The van der Waals surface area contributed by atoms with E-state index in [-0.39, 0.29) is 19.1 Å². The molecule has 0 bridgehead atoms. The second kappa shape index (κ2) is 64.1. The van der Waals surface area contributed by atoms with E-state index in [2.05, 4.69) is 141 Å². The quantitative estimate of drug-likeness (QED) is 0.0272. The molecule has 0 saturated heterocycles. The van der Waals surface area contributed by atoms with Gasteiger partial charge in [-0.05, 0) is 96.3 Å². The first-order chi connectivity index (χ1) is 41.0. The Labute approximate surface area is 519 Å². The van der Waals surface area contributed by atoms with Gasteiger partial charge in [0.05, 0.1) is 39.9 Å². The number of allylic oxidation sites excluding steroid dienone is 21. The number of likely N-dealkylation sites (N-methyl/N-ethyl adjacent to an activating group) is 1. The predicted molar refractivity (Wildman–Crippen MR) is 366 cm³/mol. The summed E-state index contributed by atoms with van der Waals surface area (Å²) < 4.78 is 23.4. The van der Waals surface area contributed by atoms with Gasteiger partial charge in [0.15, 0.2) is 0 Å². The van der Waals surface area contributed by atoms with Crippen molar-refractivity contribution in [3.8, 4) is 0 Å². The number of phosphoric acid groups is 1. The molecule has 0 aliphatic heterocycles. The monoisotopic (exact) mass is 1190 g/mol. The maximum Gasteiger partial charge on any atom is 0.268 e. The zero-order chi connectivity index (χ0) is 61.2. The number of phosphoric ester groups is 1. The highest BCUT2D eigenvalue weighted by molar-refractivity contribution is 7.45. The normalized spacial score (nSPS) is 14.5. The molecule has 1 amide bonds. The van der Waals surface area contributed by atoms with Crippen LogP contribution in [0.25, 0.3) is 0 Å². The molecule has 0 aliphatic carbocycles. The summed E-state index contributed by atoms with van der Waals surface area (Å²) in [5.41, 5.74) is 0. The molecule has 0 heterocycles. The third-order valence-corrected chi connectivity index (χ3v) is 15.8. The molecule has 0 fully saturated rings. The SMILES string of the molecule is CC/C=C\C/C=C\C/C=C\C/C=C\C/C=C\C/C=C\C/C=C\C/C=C\C/C=C\C/C=C\CCCCCCCCCCC(=O)NC(COP(=O)([O-])OCC[N+](C)(C)C)C(O)/C=C/CCCCCCCCCCCCCCCCCCCCCCC. The number of hydrogen-bond acceptors (Lipinski definition) is 6. The van der Waals surface area contributed by atoms with Crippen molar-refractivity contribution in [1.29, 1.82) is 0 Å². The predicted octanol–water partition coefficient (Wildman–Crippen LogP) is 21.6. The maximum absolute atomic E-state index is 13.0. The van der Waals surface area contributed by atoms with Gasteiger partial charge in [-0.25, -0.2) is 0 Å². The molecule has 84 heavy (non-hydrogen) atoms. The van der Waals surface area contributed by atoms with Crippen molar-refractivity contribution >= 4 is 13.7 Å². The van der Waals surface area contributed by atoms with Crippen LogP contribution >= 0.6 is 7.82 Å². The molecule has 9 heteroatoms. The third-order valence-electron chi connectivity index (χ3n) is 14.9. The molecule has 3 atom stereocenters. The van der Waals surface area contributed by atoms with Crippen LogP contribution in [-0.2, 0) is 18.4 Å². The number of carbonyl (C=O) groups excluding carboxylic acids is 1. The molecule has 0 radical (unpaired) electrons. The zero-order valence-corrected chi connectivity index (χ0v) is 56.0.